The molecule has 2 heterocycles. The third-order valence-electron chi connectivity index (χ3n) is 5.84. The molecule has 6 nitrogen and oxygen atoms in total. The first-order valence-electron chi connectivity index (χ1n) is 12.9. The molecule has 7 heteroatoms. The van der Waals surface area contributed by atoms with Crippen LogP contribution in [0, 0.1) is 0 Å². The topological polar surface area (TPSA) is 54.4 Å². The fraction of sp³-hybridized carbons (Fsp3) is 0.467. The van der Waals surface area contributed by atoms with Crippen molar-refractivity contribution < 1.29 is 14.3 Å². The fourth-order valence-electron chi connectivity index (χ4n) is 3.87. The zero-order chi connectivity index (χ0) is 27.6. The maximum absolute atomic E-state index is 12.5. The Labute approximate surface area is 229 Å². The van der Waals surface area contributed by atoms with Gasteiger partial charge < -0.3 is 14.4 Å². The van der Waals surface area contributed by atoms with E-state index >= 15 is 0 Å². The van der Waals surface area contributed by atoms with Crippen LogP contribution in [0.4, 0.5) is 0 Å². The largest absolute Gasteiger partial charge is 0.497 e. The van der Waals surface area contributed by atoms with E-state index in [0.29, 0.717) is 37.6 Å². The van der Waals surface area contributed by atoms with E-state index in [1.807, 2.05) is 43.4 Å². The molecule has 0 aliphatic carbocycles. The second-order valence-electron chi connectivity index (χ2n) is 8.78. The maximum atomic E-state index is 12.5. The number of nitrogens with zero attached hydrogens (tertiary/aromatic N) is 3. The zero-order valence-electron chi connectivity index (χ0n) is 23.3. The predicted molar refractivity (Wildman–Crippen MR) is 157 cm³/mol. The molecule has 2 rings (SSSR count). The van der Waals surface area contributed by atoms with Crippen LogP contribution in [0.1, 0.15) is 47.5 Å². The van der Waals surface area contributed by atoms with Crippen molar-refractivity contribution in [1.29, 1.82) is 0 Å². The molecule has 204 valence electrons. The Bertz CT molecular complexity index is 922. The summed E-state index contributed by atoms with van der Waals surface area (Å²) in [6, 6.07) is 0.917. The second kappa shape index (κ2) is 18.6. The van der Waals surface area contributed by atoms with Gasteiger partial charge in [0, 0.05) is 42.3 Å². The van der Waals surface area contributed by atoms with Gasteiger partial charge in [-0.15, -0.1) is 0 Å². The van der Waals surface area contributed by atoms with Crippen LogP contribution < -0.4 is 0 Å². The molecule has 0 spiro atoms. The monoisotopic (exact) mass is 529 g/mol. The highest BCUT2D eigenvalue weighted by Crippen LogP contribution is 2.14. The highest BCUT2D eigenvalue weighted by atomic mass is 35.5. The van der Waals surface area contributed by atoms with Crippen LogP contribution >= 0.6 is 11.6 Å². The number of aliphatic imine (C=N–C) groups is 1. The molecule has 0 aromatic rings. The van der Waals surface area contributed by atoms with Crippen LogP contribution in [0.2, 0.25) is 0 Å². The smallest absolute Gasteiger partial charge is 0.254 e. The summed E-state index contributed by atoms with van der Waals surface area (Å²) >= 11 is 5.66. The number of carbonyl (C=O) groups excluding carboxylic acids is 1. The van der Waals surface area contributed by atoms with Gasteiger partial charge >= 0.3 is 0 Å². The van der Waals surface area contributed by atoms with E-state index in [9.17, 15) is 4.79 Å². The summed E-state index contributed by atoms with van der Waals surface area (Å²) in [6.45, 7) is 17.2. The molecule has 0 aromatic heterocycles. The lowest BCUT2D eigenvalue weighted by atomic mass is 10.1. The standard InChI is InChI=1S/C23H36N2O3.C7H8ClN/c1-7-12-21(25-15-10-14-22(27-6)17-23(25)26)13-11-16-28-18-20(8-2)24(9-3)19(4)5;1-6-3-2-4-7(8)5-9-6/h7,10-14,17,19-20H,1,8-9,15-16,18H2,2-6H3;3-5H,2H2,1H3/b13-11-,21-12+;/t20-;/m1./s1. The summed E-state index contributed by atoms with van der Waals surface area (Å²) < 4.78 is 11.1. The van der Waals surface area contributed by atoms with E-state index in [0.717, 1.165) is 35.8 Å². The van der Waals surface area contributed by atoms with E-state index in [2.05, 4.69) is 44.2 Å². The van der Waals surface area contributed by atoms with Crippen LogP contribution in [0.15, 0.2) is 88.4 Å². The predicted octanol–water partition coefficient (Wildman–Crippen LogP) is 6.55. The van der Waals surface area contributed by atoms with E-state index in [-0.39, 0.29) is 5.91 Å². The third kappa shape index (κ3) is 12.4. The summed E-state index contributed by atoms with van der Waals surface area (Å²) in [5, 5.41) is 0.725. The third-order valence-corrected chi connectivity index (χ3v) is 6.09. The van der Waals surface area contributed by atoms with Crippen molar-refractivity contribution in [2.75, 3.05) is 33.4 Å². The Kier molecular flexibility index (Phi) is 16.2. The van der Waals surface area contributed by atoms with Gasteiger partial charge in [0.1, 0.15) is 5.76 Å². The van der Waals surface area contributed by atoms with Crippen LogP contribution in [-0.4, -0.2) is 67.4 Å². The lowest BCUT2D eigenvalue weighted by Crippen LogP contribution is -2.42. The molecular formula is C30H44ClN3O3. The van der Waals surface area contributed by atoms with Crippen molar-refractivity contribution >= 4 is 23.7 Å². The minimum atomic E-state index is -0.123. The number of ether oxygens (including phenoxy) is 2. The Morgan fingerprint density at radius 1 is 1.32 bits per heavy atom. The average Bonchev–Trinajstić information content (AvgIpc) is 3.19. The molecule has 0 aromatic carbocycles. The van der Waals surface area contributed by atoms with Gasteiger partial charge in [0.2, 0.25) is 0 Å². The minimum Gasteiger partial charge on any atom is -0.497 e. The van der Waals surface area contributed by atoms with Crippen LogP contribution in [0.25, 0.3) is 0 Å². The molecule has 0 bridgehead atoms. The number of likely N-dealkylation sites (N-methyl/N-ethyl adjacent to an activating group) is 1. The number of carbonyl (C=O) groups is 1. The number of halogens is 1. The van der Waals surface area contributed by atoms with E-state index in [1.165, 1.54) is 6.08 Å². The average molecular weight is 530 g/mol. The number of methoxy groups -OCH3 is 1. The van der Waals surface area contributed by atoms with Gasteiger partial charge in [-0.1, -0.05) is 62.4 Å². The molecule has 0 unspecified atom stereocenters. The molecule has 37 heavy (non-hydrogen) atoms. The molecule has 1 amide bonds. The lowest BCUT2D eigenvalue weighted by molar-refractivity contribution is -0.123. The molecule has 0 fully saturated rings. The molecule has 0 radical (unpaired) electrons. The quantitative estimate of drug-likeness (QED) is 0.212. The molecule has 0 saturated heterocycles. The highest BCUT2D eigenvalue weighted by molar-refractivity contribution is 6.39. The van der Waals surface area contributed by atoms with Crippen molar-refractivity contribution in [3.05, 3.63) is 83.4 Å². The van der Waals surface area contributed by atoms with Gasteiger partial charge in [-0.25, -0.2) is 0 Å². The van der Waals surface area contributed by atoms with Crippen molar-refractivity contribution in [1.82, 2.24) is 9.80 Å². The van der Waals surface area contributed by atoms with Gasteiger partial charge in [-0.2, -0.15) is 0 Å². The number of hydrogen-bond acceptors (Lipinski definition) is 5. The van der Waals surface area contributed by atoms with Crippen LogP contribution in [0.3, 0.4) is 0 Å². The fourth-order valence-corrected chi connectivity index (χ4v) is 4.01. The number of amides is 1. The van der Waals surface area contributed by atoms with Crippen LogP contribution in [0.5, 0.6) is 0 Å². The number of rotatable bonds is 12. The molecule has 2 aliphatic heterocycles. The zero-order valence-corrected chi connectivity index (χ0v) is 24.1. The van der Waals surface area contributed by atoms with Gasteiger partial charge in [-0.3, -0.25) is 14.7 Å². The van der Waals surface area contributed by atoms with Gasteiger partial charge in [-0.05, 0) is 58.4 Å². The molecule has 1 atom stereocenters. The number of allylic oxidation sites excluding steroid dienone is 8. The first kappa shape index (κ1) is 32.4. The van der Waals surface area contributed by atoms with Crippen molar-refractivity contribution in [2.45, 2.75) is 59.5 Å². The van der Waals surface area contributed by atoms with E-state index in [1.54, 1.807) is 30.4 Å². The Morgan fingerprint density at radius 2 is 2.08 bits per heavy atom. The lowest BCUT2D eigenvalue weighted by Gasteiger charge is -2.33. The first-order chi connectivity index (χ1) is 17.8. The Balaban J connectivity index is 0.000000635. The molecular weight excluding hydrogens is 486 g/mol. The maximum Gasteiger partial charge on any atom is 0.254 e. The molecule has 0 N–H and O–H groups in total. The number of hydrogen-bond donors (Lipinski definition) is 0. The summed E-state index contributed by atoms with van der Waals surface area (Å²) in [6.07, 6.45) is 20.1. The van der Waals surface area contributed by atoms with E-state index < -0.39 is 0 Å². The van der Waals surface area contributed by atoms with Crippen molar-refractivity contribution in [3.8, 4) is 0 Å². The normalized spacial score (nSPS) is 17.1. The summed E-state index contributed by atoms with van der Waals surface area (Å²) in [5.74, 6) is 0.427. The van der Waals surface area contributed by atoms with Gasteiger partial charge in [0.15, 0.2) is 0 Å². The van der Waals surface area contributed by atoms with E-state index in [4.69, 9.17) is 21.1 Å². The van der Waals surface area contributed by atoms with Crippen LogP contribution in [-0.2, 0) is 14.3 Å². The highest BCUT2D eigenvalue weighted by Gasteiger charge is 2.18. The first-order valence-corrected chi connectivity index (χ1v) is 13.3. The SMILES string of the molecule is C=C/C=C(\C=C/COC[C@@H](CC)N(CC)C(C)C)N1CC=CC(OC)=CC1=O.CC1=CCC=C(Cl)C=N1. The summed E-state index contributed by atoms with van der Waals surface area (Å²) in [7, 11) is 1.55. The van der Waals surface area contributed by atoms with Gasteiger partial charge in [0.25, 0.3) is 5.91 Å². The minimum absolute atomic E-state index is 0.123. The van der Waals surface area contributed by atoms with Crippen molar-refractivity contribution in [3.63, 3.8) is 0 Å². The Hall–Kier alpha value is -2.67. The Morgan fingerprint density at radius 3 is 2.70 bits per heavy atom. The van der Waals surface area contributed by atoms with Crippen molar-refractivity contribution in [2.24, 2.45) is 4.99 Å². The van der Waals surface area contributed by atoms with Gasteiger partial charge in [0.05, 0.1) is 25.4 Å². The summed E-state index contributed by atoms with van der Waals surface area (Å²) in [5.41, 5.74) is 1.80. The molecule has 0 saturated carbocycles. The second-order valence-corrected chi connectivity index (χ2v) is 9.22. The molecule has 2 aliphatic rings. The summed E-state index contributed by atoms with van der Waals surface area (Å²) in [4.78, 5) is 20.6.